The van der Waals surface area contributed by atoms with E-state index in [0.29, 0.717) is 29.5 Å². The minimum Gasteiger partial charge on any atom is -0.493 e. The topological polar surface area (TPSA) is 95.6 Å². The van der Waals surface area contributed by atoms with E-state index >= 15 is 0 Å². The maximum Gasteiger partial charge on any atom is 0.251 e. The summed E-state index contributed by atoms with van der Waals surface area (Å²) in [5.74, 6) is 1.71. The summed E-state index contributed by atoms with van der Waals surface area (Å²) >= 11 is 0. The van der Waals surface area contributed by atoms with Crippen molar-refractivity contribution in [3.8, 4) is 22.9 Å². The van der Waals surface area contributed by atoms with Crippen LogP contribution in [0.5, 0.6) is 11.5 Å². The molecule has 1 N–H and O–H groups in total. The van der Waals surface area contributed by atoms with Crippen molar-refractivity contribution in [2.24, 2.45) is 0 Å². The van der Waals surface area contributed by atoms with Gasteiger partial charge in [-0.05, 0) is 61.2 Å². The maximum absolute atomic E-state index is 13.1. The zero-order valence-corrected chi connectivity index (χ0v) is 21.1. The number of carbonyl (C=O) groups is 2. The monoisotopic (exact) mass is 501 g/mol. The van der Waals surface area contributed by atoms with Crippen molar-refractivity contribution in [3.63, 3.8) is 0 Å². The highest BCUT2D eigenvalue weighted by Crippen LogP contribution is 2.36. The van der Waals surface area contributed by atoms with E-state index in [9.17, 15) is 9.59 Å². The molecule has 2 aromatic carbocycles. The zero-order chi connectivity index (χ0) is 25.8. The van der Waals surface area contributed by atoms with Crippen molar-refractivity contribution >= 4 is 23.2 Å². The van der Waals surface area contributed by atoms with Gasteiger partial charge in [-0.15, -0.1) is 0 Å². The molecule has 0 spiro atoms. The van der Waals surface area contributed by atoms with Crippen LogP contribution in [0.15, 0.2) is 59.4 Å². The molecule has 0 saturated heterocycles. The summed E-state index contributed by atoms with van der Waals surface area (Å²) in [6.07, 6.45) is 10.3. The Morgan fingerprint density at radius 2 is 1.92 bits per heavy atom. The van der Waals surface area contributed by atoms with Crippen LogP contribution in [0.4, 0.5) is 0 Å². The summed E-state index contributed by atoms with van der Waals surface area (Å²) in [6.45, 7) is 0. The van der Waals surface area contributed by atoms with Gasteiger partial charge in [0.25, 0.3) is 5.91 Å². The Morgan fingerprint density at radius 1 is 1.11 bits per heavy atom. The molecule has 4 aromatic rings. The number of fused-ring (bicyclic) bond motifs is 1. The Bertz CT molecular complexity index is 1390. The number of hydrogen-bond acceptors (Lipinski definition) is 6. The zero-order valence-electron chi connectivity index (χ0n) is 21.1. The minimum absolute atomic E-state index is 0.323. The second-order valence-corrected chi connectivity index (χ2v) is 9.42. The van der Waals surface area contributed by atoms with Gasteiger partial charge >= 0.3 is 0 Å². The predicted octanol–water partition coefficient (Wildman–Crippen LogP) is 5.36. The Kier molecular flexibility index (Phi) is 7.25. The van der Waals surface area contributed by atoms with E-state index in [4.69, 9.17) is 18.9 Å². The fourth-order valence-electron chi connectivity index (χ4n) is 5.19. The standard InChI is InChI=1S/C29H31N3O5/c1-35-26-11-8-19(15-27(26)36-2)14-22(17-33)30-29(34)20-9-10-25-24(16-20)31-28(21-12-13-37-18-21)32(25)23-6-4-3-5-7-23/h8-13,15-18,22-23H,3-7,14H2,1-2H3,(H,30,34). The summed E-state index contributed by atoms with van der Waals surface area (Å²) in [7, 11) is 3.13. The molecule has 0 radical (unpaired) electrons. The highest BCUT2D eigenvalue weighted by atomic mass is 16.5. The summed E-state index contributed by atoms with van der Waals surface area (Å²) < 4.78 is 18.3. The molecule has 1 amide bonds. The molecule has 8 heteroatoms. The number of furan rings is 1. The van der Waals surface area contributed by atoms with E-state index in [0.717, 1.165) is 47.1 Å². The van der Waals surface area contributed by atoms with Crippen LogP contribution >= 0.6 is 0 Å². The molecule has 0 aliphatic heterocycles. The van der Waals surface area contributed by atoms with E-state index in [2.05, 4.69) is 9.88 Å². The third-order valence-corrected chi connectivity index (χ3v) is 7.06. The van der Waals surface area contributed by atoms with Gasteiger partial charge in [0, 0.05) is 11.6 Å². The maximum atomic E-state index is 13.1. The van der Waals surface area contributed by atoms with Gasteiger partial charge < -0.3 is 28.6 Å². The van der Waals surface area contributed by atoms with Crippen molar-refractivity contribution in [2.45, 2.75) is 50.6 Å². The van der Waals surface area contributed by atoms with Gasteiger partial charge in [-0.25, -0.2) is 4.98 Å². The van der Waals surface area contributed by atoms with Gasteiger partial charge in [0.1, 0.15) is 18.4 Å². The van der Waals surface area contributed by atoms with Crippen molar-refractivity contribution in [1.82, 2.24) is 14.9 Å². The van der Waals surface area contributed by atoms with Gasteiger partial charge in [0.2, 0.25) is 0 Å². The highest BCUT2D eigenvalue weighted by Gasteiger charge is 2.24. The number of rotatable bonds is 9. The summed E-state index contributed by atoms with van der Waals surface area (Å²) in [4.78, 5) is 29.9. The van der Waals surface area contributed by atoms with Crippen LogP contribution in [0.3, 0.4) is 0 Å². The van der Waals surface area contributed by atoms with Crippen LogP contribution in [0.1, 0.15) is 54.1 Å². The number of aldehydes is 1. The Morgan fingerprint density at radius 3 is 2.62 bits per heavy atom. The lowest BCUT2D eigenvalue weighted by atomic mass is 9.95. The third kappa shape index (κ3) is 5.09. The molecule has 5 rings (SSSR count). The SMILES string of the molecule is COc1ccc(CC(C=O)NC(=O)c2ccc3c(c2)nc(-c2ccoc2)n3C2CCCCC2)cc1OC. The normalized spacial score (nSPS) is 14.9. The lowest BCUT2D eigenvalue weighted by molar-refractivity contribution is -0.109. The first kappa shape index (κ1) is 24.6. The average molecular weight is 502 g/mol. The molecule has 1 unspecified atom stereocenters. The molecule has 1 atom stereocenters. The van der Waals surface area contributed by atoms with Crippen LogP contribution in [-0.4, -0.2) is 42.0 Å². The van der Waals surface area contributed by atoms with Crippen molar-refractivity contribution in [3.05, 3.63) is 66.1 Å². The molecule has 2 aromatic heterocycles. The van der Waals surface area contributed by atoms with Gasteiger partial charge in [0.15, 0.2) is 11.5 Å². The second kappa shape index (κ2) is 10.9. The van der Waals surface area contributed by atoms with Crippen LogP contribution in [0, 0.1) is 0 Å². The molecule has 1 aliphatic carbocycles. The largest absolute Gasteiger partial charge is 0.493 e. The number of imidazole rings is 1. The number of amides is 1. The van der Waals surface area contributed by atoms with E-state index in [1.807, 2.05) is 24.3 Å². The Balaban J connectivity index is 1.39. The molecule has 192 valence electrons. The summed E-state index contributed by atoms with van der Waals surface area (Å²) in [5.41, 5.74) is 3.97. The van der Waals surface area contributed by atoms with E-state index in [-0.39, 0.29) is 5.91 Å². The predicted molar refractivity (Wildman–Crippen MR) is 140 cm³/mol. The number of benzene rings is 2. The molecule has 37 heavy (non-hydrogen) atoms. The fraction of sp³-hybridized carbons (Fsp3) is 0.345. The quantitative estimate of drug-likeness (QED) is 0.310. The van der Waals surface area contributed by atoms with Gasteiger partial charge in [-0.2, -0.15) is 0 Å². The Hall–Kier alpha value is -4.07. The van der Waals surface area contributed by atoms with Gasteiger partial charge in [-0.1, -0.05) is 25.3 Å². The molecule has 1 aliphatic rings. The first-order valence-electron chi connectivity index (χ1n) is 12.6. The lowest BCUT2D eigenvalue weighted by Gasteiger charge is -2.25. The number of methoxy groups -OCH3 is 2. The van der Waals surface area contributed by atoms with E-state index < -0.39 is 6.04 Å². The number of hydrogen-bond donors (Lipinski definition) is 1. The summed E-state index contributed by atoms with van der Waals surface area (Å²) in [6, 6.07) is 12.6. The van der Waals surface area contributed by atoms with Gasteiger partial charge in [0.05, 0.1) is 43.1 Å². The third-order valence-electron chi connectivity index (χ3n) is 7.06. The molecular formula is C29H31N3O5. The number of aromatic nitrogens is 2. The smallest absolute Gasteiger partial charge is 0.251 e. The molecule has 1 fully saturated rings. The van der Waals surface area contributed by atoms with Crippen molar-refractivity contribution in [1.29, 1.82) is 0 Å². The fourth-order valence-corrected chi connectivity index (χ4v) is 5.19. The molecule has 8 nitrogen and oxygen atoms in total. The van der Waals surface area contributed by atoms with Crippen LogP contribution < -0.4 is 14.8 Å². The molecular weight excluding hydrogens is 470 g/mol. The first-order chi connectivity index (χ1) is 18.1. The minimum atomic E-state index is -0.692. The van der Waals surface area contributed by atoms with Crippen LogP contribution in [0.25, 0.3) is 22.4 Å². The second-order valence-electron chi connectivity index (χ2n) is 9.42. The first-order valence-corrected chi connectivity index (χ1v) is 12.6. The van der Waals surface area contributed by atoms with Crippen LogP contribution in [0.2, 0.25) is 0 Å². The van der Waals surface area contributed by atoms with E-state index in [1.54, 1.807) is 44.9 Å². The van der Waals surface area contributed by atoms with E-state index in [1.165, 1.54) is 19.3 Å². The van der Waals surface area contributed by atoms with Crippen LogP contribution in [-0.2, 0) is 11.2 Å². The molecule has 2 heterocycles. The number of ether oxygens (including phenoxy) is 2. The average Bonchev–Trinajstić information content (AvgIpc) is 3.60. The number of carbonyl (C=O) groups excluding carboxylic acids is 2. The van der Waals surface area contributed by atoms with Gasteiger partial charge in [-0.3, -0.25) is 4.79 Å². The number of nitrogens with one attached hydrogen (secondary N) is 1. The highest BCUT2D eigenvalue weighted by molar-refractivity contribution is 5.99. The van der Waals surface area contributed by atoms with Crippen molar-refractivity contribution < 1.29 is 23.5 Å². The Labute approximate surface area is 215 Å². The molecule has 0 bridgehead atoms. The number of nitrogens with zero attached hydrogens (tertiary/aromatic N) is 2. The molecule has 1 saturated carbocycles. The lowest BCUT2D eigenvalue weighted by Crippen LogP contribution is -2.37. The van der Waals surface area contributed by atoms with Crippen molar-refractivity contribution in [2.75, 3.05) is 14.2 Å². The summed E-state index contributed by atoms with van der Waals surface area (Å²) in [5, 5.41) is 2.85.